The lowest BCUT2D eigenvalue weighted by atomic mass is 9.87. The molecule has 94 valence electrons. The molecule has 0 aliphatic heterocycles. The predicted molar refractivity (Wildman–Crippen MR) is 64.1 cm³/mol. The summed E-state index contributed by atoms with van der Waals surface area (Å²) in [6.07, 6.45) is 4.35. The van der Waals surface area contributed by atoms with E-state index in [9.17, 15) is 9.90 Å². The van der Waals surface area contributed by atoms with Crippen molar-refractivity contribution >= 4 is 5.91 Å². The lowest BCUT2D eigenvalue weighted by molar-refractivity contribution is -0.126. The minimum absolute atomic E-state index is 0.00488. The average Bonchev–Trinajstić information content (AvgIpc) is 2.75. The van der Waals surface area contributed by atoms with E-state index >= 15 is 0 Å². The smallest absolute Gasteiger partial charge is 0.239 e. The molecule has 0 aromatic heterocycles. The largest absolute Gasteiger partial charge is 0.396 e. The topological polar surface area (TPSA) is 61.4 Å². The maximum absolute atomic E-state index is 11.9. The molecule has 1 aliphatic rings. The van der Waals surface area contributed by atoms with E-state index in [-0.39, 0.29) is 17.9 Å². The van der Waals surface area contributed by atoms with Crippen molar-refractivity contribution in [2.75, 3.05) is 20.2 Å². The first-order valence-corrected chi connectivity index (χ1v) is 6.04. The molecule has 3 N–H and O–H groups in total. The molecule has 4 heteroatoms. The van der Waals surface area contributed by atoms with Crippen molar-refractivity contribution in [2.24, 2.45) is 5.41 Å². The van der Waals surface area contributed by atoms with Gasteiger partial charge in [0.1, 0.15) is 0 Å². The number of aliphatic hydroxyl groups excluding tert-OH is 1. The van der Waals surface area contributed by atoms with Crippen LogP contribution in [0.5, 0.6) is 0 Å². The second-order valence-electron chi connectivity index (χ2n) is 5.42. The van der Waals surface area contributed by atoms with Crippen LogP contribution >= 0.6 is 0 Å². The molecule has 1 amide bonds. The molecule has 0 radical (unpaired) electrons. The predicted octanol–water partition coefficient (Wildman–Crippen LogP) is 0.653. The van der Waals surface area contributed by atoms with E-state index in [2.05, 4.69) is 10.6 Å². The summed E-state index contributed by atoms with van der Waals surface area (Å²) in [4.78, 5) is 11.9. The Balaban J connectivity index is 2.47. The fourth-order valence-corrected chi connectivity index (χ4v) is 2.12. The molecule has 1 aliphatic carbocycles. The number of hydrogen-bond acceptors (Lipinski definition) is 3. The average molecular weight is 228 g/mol. The number of carbonyl (C=O) groups is 1. The molecule has 0 unspecified atom stereocenters. The molecule has 0 saturated heterocycles. The van der Waals surface area contributed by atoms with Gasteiger partial charge >= 0.3 is 0 Å². The molecular formula is C12H24N2O2. The quantitative estimate of drug-likeness (QED) is 0.647. The molecule has 0 atom stereocenters. The SMILES string of the molecule is CNC(C)(C)C(=O)NCC1(CO)CCCC1. The van der Waals surface area contributed by atoms with E-state index in [0.717, 1.165) is 25.7 Å². The highest BCUT2D eigenvalue weighted by Gasteiger charge is 2.35. The Bertz CT molecular complexity index is 245. The van der Waals surface area contributed by atoms with Crippen LogP contribution in [0, 0.1) is 5.41 Å². The second kappa shape index (κ2) is 5.15. The van der Waals surface area contributed by atoms with Crippen molar-refractivity contribution in [1.82, 2.24) is 10.6 Å². The van der Waals surface area contributed by atoms with Gasteiger partial charge in [0.05, 0.1) is 12.1 Å². The normalized spacial score (nSPS) is 19.8. The molecule has 0 spiro atoms. The van der Waals surface area contributed by atoms with Gasteiger partial charge in [0.15, 0.2) is 0 Å². The molecule has 1 fully saturated rings. The van der Waals surface area contributed by atoms with Crippen LogP contribution in [0.3, 0.4) is 0 Å². The van der Waals surface area contributed by atoms with Gasteiger partial charge < -0.3 is 15.7 Å². The highest BCUT2D eigenvalue weighted by molar-refractivity contribution is 5.85. The number of nitrogens with one attached hydrogen (secondary N) is 2. The fraction of sp³-hybridized carbons (Fsp3) is 0.917. The van der Waals surface area contributed by atoms with E-state index in [4.69, 9.17) is 0 Å². The van der Waals surface area contributed by atoms with Crippen LogP contribution in [0.15, 0.2) is 0 Å². The molecule has 0 bridgehead atoms. The monoisotopic (exact) mass is 228 g/mol. The Labute approximate surface area is 97.8 Å². The molecular weight excluding hydrogens is 204 g/mol. The van der Waals surface area contributed by atoms with Crippen molar-refractivity contribution in [2.45, 2.75) is 45.1 Å². The number of aliphatic hydroxyl groups is 1. The van der Waals surface area contributed by atoms with Crippen LogP contribution in [0.4, 0.5) is 0 Å². The van der Waals surface area contributed by atoms with Crippen molar-refractivity contribution in [3.63, 3.8) is 0 Å². The van der Waals surface area contributed by atoms with Gasteiger partial charge in [-0.3, -0.25) is 4.79 Å². The third kappa shape index (κ3) is 2.95. The highest BCUT2D eigenvalue weighted by Crippen LogP contribution is 2.36. The first-order valence-electron chi connectivity index (χ1n) is 6.04. The zero-order chi connectivity index (χ0) is 12.2. The minimum Gasteiger partial charge on any atom is -0.396 e. The Morgan fingerprint density at radius 1 is 1.38 bits per heavy atom. The van der Waals surface area contributed by atoms with Crippen LogP contribution in [-0.4, -0.2) is 36.8 Å². The number of rotatable bonds is 5. The van der Waals surface area contributed by atoms with Gasteiger partial charge in [-0.2, -0.15) is 0 Å². The van der Waals surface area contributed by atoms with Gasteiger partial charge in [-0.1, -0.05) is 12.8 Å². The Morgan fingerprint density at radius 2 is 1.94 bits per heavy atom. The van der Waals surface area contributed by atoms with Crippen molar-refractivity contribution in [3.05, 3.63) is 0 Å². The maximum atomic E-state index is 11.9. The molecule has 16 heavy (non-hydrogen) atoms. The molecule has 0 aromatic carbocycles. The second-order valence-corrected chi connectivity index (χ2v) is 5.42. The van der Waals surface area contributed by atoms with Crippen LogP contribution in [0.25, 0.3) is 0 Å². The number of likely N-dealkylation sites (N-methyl/N-ethyl adjacent to an activating group) is 1. The van der Waals surface area contributed by atoms with Crippen LogP contribution in [0.1, 0.15) is 39.5 Å². The highest BCUT2D eigenvalue weighted by atomic mass is 16.3. The van der Waals surface area contributed by atoms with Gasteiger partial charge in [0.25, 0.3) is 0 Å². The summed E-state index contributed by atoms with van der Waals surface area (Å²) in [6.45, 7) is 4.46. The van der Waals surface area contributed by atoms with Crippen molar-refractivity contribution in [3.8, 4) is 0 Å². The standard InChI is InChI=1S/C12H24N2O2/c1-11(2,13-3)10(16)14-8-12(9-15)6-4-5-7-12/h13,15H,4-9H2,1-3H3,(H,14,16). The lowest BCUT2D eigenvalue weighted by Gasteiger charge is -2.30. The first-order chi connectivity index (χ1) is 7.46. The van der Waals surface area contributed by atoms with Crippen molar-refractivity contribution < 1.29 is 9.90 Å². The summed E-state index contributed by atoms with van der Waals surface area (Å²) < 4.78 is 0. The number of hydrogen-bond donors (Lipinski definition) is 3. The summed E-state index contributed by atoms with van der Waals surface area (Å²) in [5, 5.41) is 15.3. The van der Waals surface area contributed by atoms with Gasteiger partial charge in [-0.25, -0.2) is 0 Å². The van der Waals surface area contributed by atoms with Gasteiger partial charge in [-0.15, -0.1) is 0 Å². The molecule has 4 nitrogen and oxygen atoms in total. The van der Waals surface area contributed by atoms with E-state index in [0.29, 0.717) is 6.54 Å². The van der Waals surface area contributed by atoms with Gasteiger partial charge in [0, 0.05) is 12.0 Å². The summed E-state index contributed by atoms with van der Waals surface area (Å²) >= 11 is 0. The fourth-order valence-electron chi connectivity index (χ4n) is 2.12. The van der Waals surface area contributed by atoms with Crippen LogP contribution < -0.4 is 10.6 Å². The number of amides is 1. The maximum Gasteiger partial charge on any atom is 0.239 e. The van der Waals surface area contributed by atoms with Crippen molar-refractivity contribution in [1.29, 1.82) is 0 Å². The minimum atomic E-state index is -0.546. The third-order valence-electron chi connectivity index (χ3n) is 3.82. The van der Waals surface area contributed by atoms with E-state index < -0.39 is 5.54 Å². The van der Waals surface area contributed by atoms with Crippen LogP contribution in [-0.2, 0) is 4.79 Å². The molecule has 0 aromatic rings. The molecule has 1 saturated carbocycles. The summed E-state index contributed by atoms with van der Waals surface area (Å²) in [5.41, 5.74) is -0.616. The first kappa shape index (κ1) is 13.5. The summed E-state index contributed by atoms with van der Waals surface area (Å²) in [5.74, 6) is -0.00488. The summed E-state index contributed by atoms with van der Waals surface area (Å²) in [6, 6.07) is 0. The zero-order valence-corrected chi connectivity index (χ0v) is 10.6. The Kier molecular flexibility index (Phi) is 4.33. The van der Waals surface area contributed by atoms with E-state index in [1.807, 2.05) is 13.8 Å². The number of carbonyl (C=O) groups excluding carboxylic acids is 1. The van der Waals surface area contributed by atoms with E-state index in [1.165, 1.54) is 0 Å². The van der Waals surface area contributed by atoms with Gasteiger partial charge in [-0.05, 0) is 33.7 Å². The Hall–Kier alpha value is -0.610. The van der Waals surface area contributed by atoms with Crippen LogP contribution in [0.2, 0.25) is 0 Å². The molecule has 1 rings (SSSR count). The zero-order valence-electron chi connectivity index (χ0n) is 10.6. The van der Waals surface area contributed by atoms with Gasteiger partial charge in [0.2, 0.25) is 5.91 Å². The Morgan fingerprint density at radius 3 is 2.38 bits per heavy atom. The summed E-state index contributed by atoms with van der Waals surface area (Å²) in [7, 11) is 1.77. The third-order valence-corrected chi connectivity index (χ3v) is 3.82. The van der Waals surface area contributed by atoms with E-state index in [1.54, 1.807) is 7.05 Å². The molecule has 0 heterocycles. The lowest BCUT2D eigenvalue weighted by Crippen LogP contribution is -2.53.